The van der Waals surface area contributed by atoms with Crippen molar-refractivity contribution < 1.29 is 0 Å². The lowest BCUT2D eigenvalue weighted by molar-refractivity contribution is 0.343. The second-order valence-corrected chi connectivity index (χ2v) is 5.48. The monoisotopic (exact) mass is 198 g/mol. The molecule has 1 fully saturated rings. The molecule has 2 heteroatoms. The van der Waals surface area contributed by atoms with Crippen molar-refractivity contribution in [2.24, 2.45) is 17.1 Å². The Hall–Kier alpha value is -0.0800. The number of rotatable bonds is 6. The molecule has 0 aliphatic heterocycles. The Bertz CT molecular complexity index is 148. The molecule has 1 aliphatic rings. The number of nitrogens with one attached hydrogen (secondary N) is 1. The van der Waals surface area contributed by atoms with Crippen LogP contribution in [0.15, 0.2) is 0 Å². The Labute approximate surface area is 88.6 Å². The van der Waals surface area contributed by atoms with E-state index in [1.165, 1.54) is 38.6 Å². The van der Waals surface area contributed by atoms with Crippen LogP contribution in [0.2, 0.25) is 0 Å². The first kappa shape index (κ1) is 12.0. The highest BCUT2D eigenvalue weighted by atomic mass is 14.9. The van der Waals surface area contributed by atoms with Crippen LogP contribution in [0.5, 0.6) is 0 Å². The molecule has 0 aromatic carbocycles. The van der Waals surface area contributed by atoms with E-state index in [1.807, 2.05) is 0 Å². The van der Waals surface area contributed by atoms with Gasteiger partial charge < -0.3 is 11.1 Å². The van der Waals surface area contributed by atoms with Gasteiger partial charge in [0.25, 0.3) is 0 Å². The minimum Gasteiger partial charge on any atom is -0.330 e. The van der Waals surface area contributed by atoms with Crippen LogP contribution in [0.25, 0.3) is 0 Å². The summed E-state index contributed by atoms with van der Waals surface area (Å²) in [5.74, 6) is 1.00. The van der Waals surface area contributed by atoms with Crippen molar-refractivity contribution in [1.82, 2.24) is 5.32 Å². The summed E-state index contributed by atoms with van der Waals surface area (Å²) in [6.07, 6.45) is 7.20. The quantitative estimate of drug-likeness (QED) is 0.642. The van der Waals surface area contributed by atoms with E-state index in [9.17, 15) is 0 Å². The topological polar surface area (TPSA) is 38.0 Å². The predicted octanol–water partition coefficient (Wildman–Crippen LogP) is 2.14. The Morgan fingerprint density at radius 3 is 2.50 bits per heavy atom. The lowest BCUT2D eigenvalue weighted by atomic mass is 9.94. The number of hydrogen-bond acceptors (Lipinski definition) is 2. The van der Waals surface area contributed by atoms with Gasteiger partial charge in [0.05, 0.1) is 0 Å². The first-order chi connectivity index (χ1) is 6.64. The van der Waals surface area contributed by atoms with E-state index in [1.54, 1.807) is 0 Å². The summed E-state index contributed by atoms with van der Waals surface area (Å²) < 4.78 is 0. The first-order valence-corrected chi connectivity index (χ1v) is 6.05. The molecular formula is C12H26N2. The van der Waals surface area contributed by atoms with Gasteiger partial charge in [-0.05, 0) is 30.8 Å². The Kier molecular flexibility index (Phi) is 4.90. The van der Waals surface area contributed by atoms with Gasteiger partial charge in [-0.3, -0.25) is 0 Å². The van der Waals surface area contributed by atoms with Crippen molar-refractivity contribution in [3.8, 4) is 0 Å². The highest BCUT2D eigenvalue weighted by molar-refractivity contribution is 4.73. The summed E-state index contributed by atoms with van der Waals surface area (Å²) in [6, 6.07) is 0. The normalized spacial score (nSPS) is 19.1. The molecule has 0 amide bonds. The molecule has 0 aromatic heterocycles. The van der Waals surface area contributed by atoms with E-state index in [2.05, 4.69) is 19.2 Å². The minimum absolute atomic E-state index is 0.260. The van der Waals surface area contributed by atoms with Crippen molar-refractivity contribution in [3.63, 3.8) is 0 Å². The Morgan fingerprint density at radius 1 is 1.29 bits per heavy atom. The molecule has 1 saturated carbocycles. The van der Waals surface area contributed by atoms with Crippen LogP contribution in [0.4, 0.5) is 0 Å². The smallest absolute Gasteiger partial charge is 0.00146 e. The van der Waals surface area contributed by atoms with E-state index in [0.29, 0.717) is 0 Å². The van der Waals surface area contributed by atoms with Gasteiger partial charge in [-0.2, -0.15) is 0 Å². The van der Waals surface area contributed by atoms with Crippen LogP contribution in [-0.4, -0.2) is 19.6 Å². The lowest BCUT2D eigenvalue weighted by Gasteiger charge is -2.23. The summed E-state index contributed by atoms with van der Waals surface area (Å²) in [5, 5.41) is 3.52. The maximum Gasteiger partial charge on any atom is 0.00146 e. The van der Waals surface area contributed by atoms with E-state index >= 15 is 0 Å². The van der Waals surface area contributed by atoms with Gasteiger partial charge in [-0.1, -0.05) is 39.5 Å². The van der Waals surface area contributed by atoms with Crippen LogP contribution in [-0.2, 0) is 0 Å². The fourth-order valence-corrected chi connectivity index (χ4v) is 2.10. The average molecular weight is 198 g/mol. The van der Waals surface area contributed by atoms with Gasteiger partial charge in [-0.25, -0.2) is 0 Å². The summed E-state index contributed by atoms with van der Waals surface area (Å²) in [4.78, 5) is 0. The third kappa shape index (κ3) is 4.43. The van der Waals surface area contributed by atoms with Crippen LogP contribution in [0.1, 0.15) is 46.0 Å². The van der Waals surface area contributed by atoms with Gasteiger partial charge in [0.2, 0.25) is 0 Å². The van der Waals surface area contributed by atoms with E-state index in [0.717, 1.165) is 19.0 Å². The summed E-state index contributed by atoms with van der Waals surface area (Å²) in [6.45, 7) is 7.43. The Balaban J connectivity index is 1.98. The zero-order valence-corrected chi connectivity index (χ0v) is 9.81. The molecule has 0 saturated heterocycles. The third-order valence-corrected chi connectivity index (χ3v) is 3.36. The molecule has 3 N–H and O–H groups in total. The van der Waals surface area contributed by atoms with Crippen LogP contribution in [0.3, 0.4) is 0 Å². The van der Waals surface area contributed by atoms with Gasteiger partial charge in [0, 0.05) is 6.54 Å². The van der Waals surface area contributed by atoms with E-state index < -0.39 is 0 Å². The summed E-state index contributed by atoms with van der Waals surface area (Å²) >= 11 is 0. The SMILES string of the molecule is CC(C)(CN)CNCCC1CCCC1. The molecular weight excluding hydrogens is 172 g/mol. The standard InChI is InChI=1S/C12H26N2/c1-12(2,9-13)10-14-8-7-11-5-3-4-6-11/h11,14H,3-10,13H2,1-2H3. The van der Waals surface area contributed by atoms with E-state index in [-0.39, 0.29) is 5.41 Å². The highest BCUT2D eigenvalue weighted by Crippen LogP contribution is 2.26. The zero-order chi connectivity index (χ0) is 10.4. The molecule has 0 bridgehead atoms. The fraction of sp³-hybridized carbons (Fsp3) is 1.00. The van der Waals surface area contributed by atoms with E-state index in [4.69, 9.17) is 5.73 Å². The largest absolute Gasteiger partial charge is 0.330 e. The zero-order valence-electron chi connectivity index (χ0n) is 9.81. The lowest BCUT2D eigenvalue weighted by Crippen LogP contribution is -2.36. The van der Waals surface area contributed by atoms with Crippen molar-refractivity contribution in [1.29, 1.82) is 0 Å². The Morgan fingerprint density at radius 2 is 1.93 bits per heavy atom. The number of nitrogens with two attached hydrogens (primary N) is 1. The molecule has 1 rings (SSSR count). The minimum atomic E-state index is 0.260. The maximum atomic E-state index is 5.67. The average Bonchev–Trinajstić information content (AvgIpc) is 2.65. The van der Waals surface area contributed by atoms with Gasteiger partial charge in [0.1, 0.15) is 0 Å². The molecule has 0 radical (unpaired) electrons. The molecule has 84 valence electrons. The molecule has 0 heterocycles. The second kappa shape index (κ2) is 5.72. The van der Waals surface area contributed by atoms with Gasteiger partial charge in [-0.15, -0.1) is 0 Å². The first-order valence-electron chi connectivity index (χ1n) is 6.05. The van der Waals surface area contributed by atoms with Gasteiger partial charge in [0.15, 0.2) is 0 Å². The summed E-state index contributed by atoms with van der Waals surface area (Å²) in [5.41, 5.74) is 5.93. The maximum absolute atomic E-state index is 5.67. The highest BCUT2D eigenvalue weighted by Gasteiger charge is 2.16. The van der Waals surface area contributed by atoms with Crippen LogP contribution >= 0.6 is 0 Å². The number of hydrogen-bond donors (Lipinski definition) is 2. The molecule has 2 nitrogen and oxygen atoms in total. The van der Waals surface area contributed by atoms with Crippen molar-refractivity contribution in [2.75, 3.05) is 19.6 Å². The van der Waals surface area contributed by atoms with Crippen LogP contribution in [0, 0.1) is 11.3 Å². The molecule has 0 aromatic rings. The predicted molar refractivity (Wildman–Crippen MR) is 62.3 cm³/mol. The van der Waals surface area contributed by atoms with Crippen LogP contribution < -0.4 is 11.1 Å². The molecule has 0 atom stereocenters. The molecule has 0 spiro atoms. The summed E-state index contributed by atoms with van der Waals surface area (Å²) in [7, 11) is 0. The third-order valence-electron chi connectivity index (χ3n) is 3.36. The fourth-order valence-electron chi connectivity index (χ4n) is 2.10. The molecule has 0 unspecified atom stereocenters. The van der Waals surface area contributed by atoms with Crippen molar-refractivity contribution in [3.05, 3.63) is 0 Å². The molecule has 14 heavy (non-hydrogen) atoms. The van der Waals surface area contributed by atoms with Crippen molar-refractivity contribution in [2.45, 2.75) is 46.0 Å². The van der Waals surface area contributed by atoms with Gasteiger partial charge >= 0.3 is 0 Å². The molecule has 1 aliphatic carbocycles. The second-order valence-electron chi connectivity index (χ2n) is 5.48. The van der Waals surface area contributed by atoms with Crippen molar-refractivity contribution >= 4 is 0 Å².